The van der Waals surface area contributed by atoms with Gasteiger partial charge in [0, 0.05) is 11.1 Å². The van der Waals surface area contributed by atoms with E-state index >= 15 is 0 Å². The Labute approximate surface area is 175 Å². The first-order valence-corrected chi connectivity index (χ1v) is 9.04. The Hall–Kier alpha value is -4.03. The number of halogens is 2. The number of nitrogens with zero attached hydrogens (tertiary/aromatic N) is 5. The van der Waals surface area contributed by atoms with E-state index in [9.17, 15) is 9.18 Å². The van der Waals surface area contributed by atoms with Crippen molar-refractivity contribution in [3.63, 3.8) is 0 Å². The number of carbonyl (C=O) groups excluding carboxylic acids is 1. The van der Waals surface area contributed by atoms with E-state index in [0.717, 1.165) is 0 Å². The van der Waals surface area contributed by atoms with Crippen molar-refractivity contribution in [3.8, 4) is 18.0 Å². The second-order valence-corrected chi connectivity index (χ2v) is 6.57. The van der Waals surface area contributed by atoms with Crippen LogP contribution in [0, 0.1) is 18.2 Å². The number of carbonyl (C=O) groups is 1. The van der Waals surface area contributed by atoms with Crippen LogP contribution < -0.4 is 10.6 Å². The van der Waals surface area contributed by atoms with Crippen LogP contribution in [0.5, 0.6) is 0 Å². The van der Waals surface area contributed by atoms with E-state index in [1.54, 1.807) is 16.9 Å². The molecule has 1 amide bonds. The van der Waals surface area contributed by atoms with E-state index in [4.69, 9.17) is 18.0 Å². The summed E-state index contributed by atoms with van der Waals surface area (Å²) in [4.78, 5) is 19.7. The summed E-state index contributed by atoms with van der Waals surface area (Å²) in [5.74, 6) is 1.46. The topological polar surface area (TPSA) is 97.6 Å². The van der Waals surface area contributed by atoms with Gasteiger partial charge < -0.3 is 10.6 Å². The molecule has 0 spiro atoms. The fourth-order valence-electron chi connectivity index (χ4n) is 2.72. The van der Waals surface area contributed by atoms with Crippen molar-refractivity contribution in [3.05, 3.63) is 65.5 Å². The molecule has 0 saturated carbocycles. The molecule has 4 aromatic rings. The Morgan fingerprint density at radius 3 is 2.90 bits per heavy atom. The van der Waals surface area contributed by atoms with Crippen LogP contribution in [-0.4, -0.2) is 30.9 Å². The third-order valence-electron chi connectivity index (χ3n) is 4.17. The van der Waals surface area contributed by atoms with Gasteiger partial charge in [-0.25, -0.2) is 19.0 Å². The lowest BCUT2D eigenvalue weighted by molar-refractivity contribution is -0.115. The zero-order valence-corrected chi connectivity index (χ0v) is 16.1. The van der Waals surface area contributed by atoms with E-state index in [1.165, 1.54) is 18.5 Å². The number of terminal acetylenes is 1. The Balaban J connectivity index is 1.64. The Morgan fingerprint density at radius 2 is 2.10 bits per heavy atom. The van der Waals surface area contributed by atoms with Crippen LogP contribution in [0.4, 0.5) is 15.9 Å². The molecule has 10 heteroatoms. The maximum Gasteiger partial charge on any atom is 0.295 e. The Kier molecular flexibility index (Phi) is 5.24. The fraction of sp³-hybridized carbons (Fsp3) is 0.0500. The molecule has 8 nitrogen and oxygen atoms in total. The molecule has 0 atom stereocenters. The maximum atomic E-state index is 13.4. The summed E-state index contributed by atoms with van der Waals surface area (Å²) >= 11 is 5.86. The van der Waals surface area contributed by atoms with Crippen LogP contribution in [0.1, 0.15) is 5.69 Å². The number of amides is 1. The number of hydrogen-bond donors (Lipinski definition) is 2. The summed E-state index contributed by atoms with van der Waals surface area (Å²) < 4.78 is 15.0. The van der Waals surface area contributed by atoms with Crippen molar-refractivity contribution in [2.24, 2.45) is 0 Å². The third-order valence-corrected chi connectivity index (χ3v) is 4.46. The minimum atomic E-state index is -0.524. The summed E-state index contributed by atoms with van der Waals surface area (Å²) in [5, 5.41) is 14.5. The second kappa shape index (κ2) is 8.14. The lowest BCUT2D eigenvalue weighted by Crippen LogP contribution is -2.20. The van der Waals surface area contributed by atoms with Crippen LogP contribution in [0.2, 0.25) is 5.02 Å². The summed E-state index contributed by atoms with van der Waals surface area (Å²) in [7, 11) is 0. The van der Waals surface area contributed by atoms with Crippen LogP contribution in [0.15, 0.2) is 48.9 Å². The van der Waals surface area contributed by atoms with E-state index in [1.807, 2.05) is 24.1 Å². The van der Waals surface area contributed by atoms with Gasteiger partial charge in [-0.05, 0) is 42.3 Å². The van der Waals surface area contributed by atoms with E-state index < -0.39 is 11.7 Å². The number of anilines is 2. The first-order valence-electron chi connectivity index (χ1n) is 8.66. The van der Waals surface area contributed by atoms with E-state index in [0.29, 0.717) is 33.8 Å². The summed E-state index contributed by atoms with van der Waals surface area (Å²) in [6, 6.07) is 9.79. The zero-order valence-electron chi connectivity index (χ0n) is 15.3. The van der Waals surface area contributed by atoms with Crippen molar-refractivity contribution < 1.29 is 9.18 Å². The molecule has 0 radical (unpaired) electrons. The smallest absolute Gasteiger partial charge is 0.295 e. The molecule has 2 N–H and O–H groups in total. The highest BCUT2D eigenvalue weighted by Crippen LogP contribution is 2.27. The molecular formula is C20H13ClFN7O. The SMILES string of the molecule is C#CC(=O)NCc1cn(-c2ccc3ncnc(Nc4ccc(F)c(Cl)c4)c3c2)nn1. The van der Waals surface area contributed by atoms with Gasteiger partial charge in [0.1, 0.15) is 23.7 Å². The van der Waals surface area contributed by atoms with Gasteiger partial charge in [0.25, 0.3) is 5.91 Å². The maximum absolute atomic E-state index is 13.4. The highest BCUT2D eigenvalue weighted by molar-refractivity contribution is 6.31. The number of aromatic nitrogens is 5. The van der Waals surface area contributed by atoms with Gasteiger partial charge in [-0.1, -0.05) is 16.8 Å². The number of benzene rings is 2. The Bertz CT molecular complexity index is 1300. The van der Waals surface area contributed by atoms with Crippen LogP contribution >= 0.6 is 11.6 Å². The lowest BCUT2D eigenvalue weighted by atomic mass is 10.2. The average Bonchev–Trinajstić information content (AvgIpc) is 3.23. The van der Waals surface area contributed by atoms with Gasteiger partial charge in [0.2, 0.25) is 0 Å². The molecule has 2 aromatic heterocycles. The first-order chi connectivity index (χ1) is 14.5. The van der Waals surface area contributed by atoms with Gasteiger partial charge in [-0.3, -0.25) is 4.79 Å². The predicted octanol–water partition coefficient (Wildman–Crippen LogP) is 3.00. The van der Waals surface area contributed by atoms with Crippen molar-refractivity contribution in [1.29, 1.82) is 0 Å². The van der Waals surface area contributed by atoms with E-state index in [-0.39, 0.29) is 11.6 Å². The van der Waals surface area contributed by atoms with Gasteiger partial charge in [0.05, 0.1) is 29.0 Å². The molecule has 0 fully saturated rings. The molecular weight excluding hydrogens is 409 g/mol. The fourth-order valence-corrected chi connectivity index (χ4v) is 2.91. The molecule has 2 aromatic carbocycles. The van der Waals surface area contributed by atoms with Crippen molar-refractivity contribution in [2.75, 3.05) is 5.32 Å². The lowest BCUT2D eigenvalue weighted by Gasteiger charge is -2.10. The molecule has 0 aliphatic rings. The molecule has 0 aliphatic carbocycles. The Morgan fingerprint density at radius 1 is 1.23 bits per heavy atom. The molecule has 4 rings (SSSR count). The largest absolute Gasteiger partial charge is 0.340 e. The second-order valence-electron chi connectivity index (χ2n) is 6.16. The zero-order chi connectivity index (χ0) is 21.1. The molecule has 0 unspecified atom stereocenters. The summed E-state index contributed by atoms with van der Waals surface area (Å²) in [6.07, 6.45) is 8.13. The molecule has 0 saturated heterocycles. The van der Waals surface area contributed by atoms with E-state index in [2.05, 4.69) is 30.9 Å². The number of fused-ring (bicyclic) bond motifs is 1. The normalized spacial score (nSPS) is 10.6. The van der Waals surface area contributed by atoms with Crippen LogP contribution in [0.3, 0.4) is 0 Å². The van der Waals surface area contributed by atoms with Gasteiger partial charge >= 0.3 is 0 Å². The number of hydrogen-bond acceptors (Lipinski definition) is 6. The third kappa shape index (κ3) is 4.04. The summed E-state index contributed by atoms with van der Waals surface area (Å²) in [6.45, 7) is 0.165. The average molecular weight is 422 g/mol. The molecule has 2 heterocycles. The van der Waals surface area contributed by atoms with Crippen molar-refractivity contribution in [1.82, 2.24) is 30.3 Å². The van der Waals surface area contributed by atoms with Crippen molar-refractivity contribution >= 4 is 39.9 Å². The molecule has 0 bridgehead atoms. The van der Waals surface area contributed by atoms with Crippen LogP contribution in [-0.2, 0) is 11.3 Å². The predicted molar refractivity (Wildman–Crippen MR) is 110 cm³/mol. The molecule has 148 valence electrons. The molecule has 30 heavy (non-hydrogen) atoms. The minimum Gasteiger partial charge on any atom is -0.340 e. The molecule has 0 aliphatic heterocycles. The monoisotopic (exact) mass is 421 g/mol. The number of rotatable bonds is 5. The summed E-state index contributed by atoms with van der Waals surface area (Å²) in [5.41, 5.74) is 2.53. The van der Waals surface area contributed by atoms with Crippen LogP contribution in [0.25, 0.3) is 16.6 Å². The van der Waals surface area contributed by atoms with Gasteiger partial charge in [0.15, 0.2) is 0 Å². The quantitative estimate of drug-likeness (QED) is 0.481. The van der Waals surface area contributed by atoms with Gasteiger partial charge in [-0.2, -0.15) is 0 Å². The number of nitrogens with one attached hydrogen (secondary N) is 2. The minimum absolute atomic E-state index is 0.00567. The van der Waals surface area contributed by atoms with Gasteiger partial charge in [-0.15, -0.1) is 11.5 Å². The highest BCUT2D eigenvalue weighted by atomic mass is 35.5. The highest BCUT2D eigenvalue weighted by Gasteiger charge is 2.10. The first kappa shape index (κ1) is 19.3. The standard InChI is InChI=1S/C20H13ClFN7O/c1-2-19(30)23-9-13-10-29(28-27-13)14-4-6-18-15(8-14)20(25-11-24-18)26-12-3-5-17(22)16(21)7-12/h1,3-8,10-11H,9H2,(H,23,30)(H,24,25,26). The van der Waals surface area contributed by atoms with Crippen molar-refractivity contribution in [2.45, 2.75) is 6.54 Å².